The van der Waals surface area contributed by atoms with E-state index < -0.39 is 43.4 Å². The number of aliphatic carboxylic acids is 1. The van der Waals surface area contributed by atoms with Crippen molar-refractivity contribution < 1.29 is 38.2 Å². The fourth-order valence-corrected chi connectivity index (χ4v) is 5.06. The smallest absolute Gasteiger partial charge is 0.328 e. The molecule has 3 aromatic rings. The predicted molar refractivity (Wildman–Crippen MR) is 160 cm³/mol. The average Bonchev–Trinajstić information content (AvgIpc) is 3.00. The van der Waals surface area contributed by atoms with Gasteiger partial charge in [0.2, 0.25) is 5.91 Å². The number of carbonyl (C=O) groups excluding carboxylic acids is 2. The number of hydrogen-bond acceptors (Lipinski definition) is 6. The van der Waals surface area contributed by atoms with Gasteiger partial charge in [-0.15, -0.1) is 0 Å². The van der Waals surface area contributed by atoms with Crippen LogP contribution in [0.3, 0.4) is 0 Å². The van der Waals surface area contributed by atoms with Gasteiger partial charge in [-0.25, -0.2) is 9.37 Å². The van der Waals surface area contributed by atoms with Crippen molar-refractivity contribution in [1.29, 1.82) is 0 Å². The zero-order valence-corrected chi connectivity index (χ0v) is 24.7. The first-order chi connectivity index (χ1) is 20.5. The fraction of sp³-hybridized carbons (Fsp3) is 0.333. The summed E-state index contributed by atoms with van der Waals surface area (Å²) in [5.74, 6) is -2.59. The van der Waals surface area contributed by atoms with Crippen LogP contribution in [0.2, 0.25) is 0 Å². The molecule has 11 nitrogen and oxygen atoms in total. The standard InChI is InChI=1S/C25H26FN4O5P.C5H10O2/c26-20-9-5-4-8-19(20)21-14-18(17-6-2-1-3-7-17)15-22(28-21)24(31)29-23(16-36(33,34)35)25(32)30-12-10-27-11-13-30;1-2-3-4-5(6)7/h1-9,14-15,23,27H,10-13,16H2,(H,29,31)(H2,33,34,35);2-4H2,1H3,(H,6,7). The lowest BCUT2D eigenvalue weighted by molar-refractivity contribution is -0.137. The molecule has 1 unspecified atom stereocenters. The maximum Gasteiger partial charge on any atom is 0.328 e. The lowest BCUT2D eigenvalue weighted by Crippen LogP contribution is -2.55. The first kappa shape index (κ1) is 33.5. The Kier molecular flexibility index (Phi) is 12.5. The first-order valence-corrected chi connectivity index (χ1v) is 15.7. The number of nitrogens with zero attached hydrogens (tertiary/aromatic N) is 2. The van der Waals surface area contributed by atoms with E-state index in [0.29, 0.717) is 38.2 Å². The zero-order chi connectivity index (χ0) is 31.4. The lowest BCUT2D eigenvalue weighted by Gasteiger charge is -2.31. The van der Waals surface area contributed by atoms with Crippen LogP contribution in [-0.4, -0.2) is 80.9 Å². The number of amides is 2. The molecule has 5 N–H and O–H groups in total. The molecule has 1 aliphatic heterocycles. The monoisotopic (exact) mass is 614 g/mol. The summed E-state index contributed by atoms with van der Waals surface area (Å²) in [6.45, 7) is 3.75. The van der Waals surface area contributed by atoms with E-state index in [2.05, 4.69) is 15.6 Å². The van der Waals surface area contributed by atoms with Crippen molar-refractivity contribution in [3.63, 3.8) is 0 Å². The quantitative estimate of drug-likeness (QED) is 0.215. The van der Waals surface area contributed by atoms with Gasteiger partial charge in [0.25, 0.3) is 5.91 Å². The second-order valence-electron chi connectivity index (χ2n) is 9.92. The molecule has 43 heavy (non-hydrogen) atoms. The number of unbranched alkanes of at least 4 members (excludes halogenated alkanes) is 1. The number of carboxylic acid groups (broad SMARTS) is 1. The second-order valence-corrected chi connectivity index (χ2v) is 11.6. The van der Waals surface area contributed by atoms with Gasteiger partial charge in [-0.3, -0.25) is 18.9 Å². The van der Waals surface area contributed by atoms with E-state index in [1.54, 1.807) is 24.3 Å². The third-order valence-electron chi connectivity index (χ3n) is 6.51. The van der Waals surface area contributed by atoms with Crippen molar-refractivity contribution in [3.05, 3.63) is 78.2 Å². The molecular formula is C30H36FN4O7P. The van der Waals surface area contributed by atoms with E-state index in [9.17, 15) is 33.1 Å². The molecule has 13 heteroatoms. The number of carbonyl (C=O) groups is 3. The fourth-order valence-electron chi connectivity index (χ4n) is 4.34. The summed E-state index contributed by atoms with van der Waals surface area (Å²) in [5, 5.41) is 13.6. The maximum atomic E-state index is 14.6. The van der Waals surface area contributed by atoms with Gasteiger partial charge >= 0.3 is 13.6 Å². The van der Waals surface area contributed by atoms with Crippen LogP contribution in [-0.2, 0) is 14.2 Å². The Morgan fingerprint density at radius 3 is 2.26 bits per heavy atom. The molecular weight excluding hydrogens is 578 g/mol. The van der Waals surface area contributed by atoms with Gasteiger partial charge in [-0.2, -0.15) is 0 Å². The van der Waals surface area contributed by atoms with Crippen LogP contribution in [0.1, 0.15) is 36.7 Å². The molecule has 0 aliphatic carbocycles. The number of nitrogens with one attached hydrogen (secondary N) is 2. The topological polar surface area (TPSA) is 169 Å². The van der Waals surface area contributed by atoms with Crippen molar-refractivity contribution in [2.75, 3.05) is 32.3 Å². The molecule has 0 bridgehead atoms. The van der Waals surface area contributed by atoms with Crippen molar-refractivity contribution in [2.45, 2.75) is 32.2 Å². The number of hydrogen-bond donors (Lipinski definition) is 5. The van der Waals surface area contributed by atoms with Crippen LogP contribution in [0, 0.1) is 5.82 Å². The minimum atomic E-state index is -4.64. The van der Waals surface area contributed by atoms with Crippen LogP contribution in [0.4, 0.5) is 4.39 Å². The van der Waals surface area contributed by atoms with Gasteiger partial charge < -0.3 is 30.4 Å². The molecule has 1 atom stereocenters. The van der Waals surface area contributed by atoms with E-state index in [1.807, 2.05) is 37.3 Å². The van der Waals surface area contributed by atoms with Crippen molar-refractivity contribution in [3.8, 4) is 22.4 Å². The Labute approximate surface area is 249 Å². The van der Waals surface area contributed by atoms with E-state index in [1.165, 1.54) is 17.0 Å². The van der Waals surface area contributed by atoms with Gasteiger partial charge in [0.15, 0.2) is 0 Å². The highest BCUT2D eigenvalue weighted by atomic mass is 31.2. The highest BCUT2D eigenvalue weighted by molar-refractivity contribution is 7.51. The summed E-state index contributed by atoms with van der Waals surface area (Å²) in [6, 6.07) is 16.9. The summed E-state index contributed by atoms with van der Waals surface area (Å²) in [5.41, 5.74) is 1.63. The van der Waals surface area contributed by atoms with Crippen LogP contribution in [0.5, 0.6) is 0 Å². The number of rotatable bonds is 10. The summed E-state index contributed by atoms with van der Waals surface area (Å²) in [4.78, 5) is 61.0. The molecule has 2 amide bonds. The van der Waals surface area contributed by atoms with E-state index in [-0.39, 0.29) is 17.0 Å². The molecule has 2 heterocycles. The molecule has 0 saturated carbocycles. The van der Waals surface area contributed by atoms with Crippen molar-refractivity contribution in [2.24, 2.45) is 0 Å². The summed E-state index contributed by atoms with van der Waals surface area (Å²) < 4.78 is 26.3. The molecule has 0 radical (unpaired) electrons. The minimum absolute atomic E-state index is 0.113. The number of aromatic nitrogens is 1. The highest BCUT2D eigenvalue weighted by Gasteiger charge is 2.33. The van der Waals surface area contributed by atoms with E-state index in [4.69, 9.17) is 5.11 Å². The molecule has 4 rings (SSSR count). The number of halogens is 1. The number of piperazine rings is 1. The third-order valence-corrected chi connectivity index (χ3v) is 7.35. The average molecular weight is 615 g/mol. The van der Waals surface area contributed by atoms with Crippen molar-refractivity contribution in [1.82, 2.24) is 20.5 Å². The summed E-state index contributed by atoms with van der Waals surface area (Å²) >= 11 is 0. The van der Waals surface area contributed by atoms with Gasteiger partial charge in [0.1, 0.15) is 17.6 Å². The highest BCUT2D eigenvalue weighted by Crippen LogP contribution is 2.35. The van der Waals surface area contributed by atoms with Crippen LogP contribution < -0.4 is 10.6 Å². The number of pyridine rings is 1. The summed E-state index contributed by atoms with van der Waals surface area (Å²) in [6.07, 6.45) is 1.23. The van der Waals surface area contributed by atoms with Gasteiger partial charge in [0, 0.05) is 38.2 Å². The Balaban J connectivity index is 0.000000646. The molecule has 1 saturated heterocycles. The molecule has 1 aliphatic rings. The van der Waals surface area contributed by atoms with Crippen LogP contribution in [0.25, 0.3) is 22.4 Å². The Hall–Kier alpha value is -3.96. The van der Waals surface area contributed by atoms with Gasteiger partial charge in [0.05, 0.1) is 11.9 Å². The summed E-state index contributed by atoms with van der Waals surface area (Å²) in [7, 11) is -4.64. The number of carboxylic acids is 1. The molecule has 2 aromatic carbocycles. The Morgan fingerprint density at radius 2 is 1.67 bits per heavy atom. The van der Waals surface area contributed by atoms with Gasteiger partial charge in [-0.1, -0.05) is 55.8 Å². The van der Waals surface area contributed by atoms with E-state index >= 15 is 0 Å². The van der Waals surface area contributed by atoms with E-state index in [0.717, 1.165) is 18.4 Å². The Morgan fingerprint density at radius 1 is 1.02 bits per heavy atom. The normalized spacial score (nSPS) is 13.8. The largest absolute Gasteiger partial charge is 0.481 e. The second kappa shape index (κ2) is 16.0. The first-order valence-electron chi connectivity index (χ1n) is 13.9. The molecule has 1 aromatic heterocycles. The molecule has 230 valence electrons. The SMILES string of the molecule is CCCCC(=O)O.O=C(NC(CP(=O)(O)O)C(=O)N1CCNCC1)c1cc(-c2ccccc2)cc(-c2ccccc2F)n1. The van der Waals surface area contributed by atoms with Crippen LogP contribution in [0.15, 0.2) is 66.7 Å². The molecule has 0 spiro atoms. The molecule has 1 fully saturated rings. The minimum Gasteiger partial charge on any atom is -0.481 e. The zero-order valence-electron chi connectivity index (χ0n) is 23.8. The lowest BCUT2D eigenvalue weighted by atomic mass is 10.0. The van der Waals surface area contributed by atoms with Crippen molar-refractivity contribution >= 4 is 25.4 Å². The van der Waals surface area contributed by atoms with Crippen LogP contribution >= 0.6 is 7.60 Å². The number of benzene rings is 2. The predicted octanol–water partition coefficient (Wildman–Crippen LogP) is 3.52. The third kappa shape index (κ3) is 10.7. The van der Waals surface area contributed by atoms with Gasteiger partial charge in [-0.05, 0) is 41.8 Å². The Bertz CT molecular complexity index is 1450. The maximum absolute atomic E-state index is 14.6.